The van der Waals surface area contributed by atoms with Crippen LogP contribution >= 0.6 is 27.3 Å². The Hall–Kier alpha value is -1.57. The van der Waals surface area contributed by atoms with Gasteiger partial charge in [0.05, 0.1) is 16.9 Å². The van der Waals surface area contributed by atoms with Crippen molar-refractivity contribution in [3.8, 4) is 5.75 Å². The lowest BCUT2D eigenvalue weighted by Crippen LogP contribution is -2.51. The predicted octanol–water partition coefficient (Wildman–Crippen LogP) is 4.11. The van der Waals surface area contributed by atoms with Gasteiger partial charge in [-0.05, 0) is 41.1 Å². The van der Waals surface area contributed by atoms with Gasteiger partial charge < -0.3 is 15.0 Å². The van der Waals surface area contributed by atoms with Gasteiger partial charge in [-0.15, -0.1) is 11.3 Å². The Morgan fingerprint density at radius 3 is 2.62 bits per heavy atom. The summed E-state index contributed by atoms with van der Waals surface area (Å²) in [5.74, 6) is 0.798. The van der Waals surface area contributed by atoms with Crippen LogP contribution in [-0.2, 0) is 6.54 Å². The number of hydrogen-bond acceptors (Lipinski definition) is 4. The number of halogens is 1. The Kier molecular flexibility index (Phi) is 6.56. The molecule has 1 aromatic carbocycles. The lowest BCUT2D eigenvalue weighted by atomic mass is 10.1. The van der Waals surface area contributed by atoms with Crippen LogP contribution in [-0.4, -0.2) is 49.1 Å². The van der Waals surface area contributed by atoms with Crippen LogP contribution in [0.4, 0.5) is 4.79 Å². The highest BCUT2D eigenvalue weighted by Gasteiger charge is 2.23. The minimum Gasteiger partial charge on any atom is -0.496 e. The maximum Gasteiger partial charge on any atom is 0.317 e. The largest absolute Gasteiger partial charge is 0.496 e. The first-order valence-electron chi connectivity index (χ1n) is 8.71. The van der Waals surface area contributed by atoms with Gasteiger partial charge in [0.25, 0.3) is 0 Å². The molecule has 0 saturated carbocycles. The zero-order chi connectivity index (χ0) is 18.5. The van der Waals surface area contributed by atoms with E-state index in [0.29, 0.717) is 0 Å². The van der Waals surface area contributed by atoms with E-state index in [4.69, 9.17) is 4.74 Å². The molecule has 2 heterocycles. The summed E-state index contributed by atoms with van der Waals surface area (Å²) in [6.07, 6.45) is 0. The molecule has 1 fully saturated rings. The van der Waals surface area contributed by atoms with Crippen molar-refractivity contribution in [3.63, 3.8) is 0 Å². The molecule has 0 unspecified atom stereocenters. The number of piperazine rings is 1. The summed E-state index contributed by atoms with van der Waals surface area (Å²) in [6.45, 7) is 6.22. The molecular weight excluding hydrogens is 414 g/mol. The van der Waals surface area contributed by atoms with Gasteiger partial charge in [0.15, 0.2) is 0 Å². The summed E-state index contributed by atoms with van der Waals surface area (Å²) in [4.78, 5) is 18.2. The van der Waals surface area contributed by atoms with Gasteiger partial charge in [0.1, 0.15) is 5.75 Å². The first-order valence-corrected chi connectivity index (χ1v) is 10.3. The molecule has 0 bridgehead atoms. The molecule has 26 heavy (non-hydrogen) atoms. The normalized spacial score (nSPS) is 16.3. The molecule has 0 spiro atoms. The topological polar surface area (TPSA) is 44.8 Å². The van der Waals surface area contributed by atoms with Crippen molar-refractivity contribution in [2.75, 3.05) is 33.3 Å². The second-order valence-electron chi connectivity index (χ2n) is 6.38. The minimum absolute atomic E-state index is 0.0121. The molecule has 1 aliphatic rings. The maximum absolute atomic E-state index is 12.6. The van der Waals surface area contributed by atoms with Crippen molar-refractivity contribution in [2.24, 2.45) is 0 Å². The molecule has 1 atom stereocenters. The molecule has 1 aliphatic heterocycles. The van der Waals surface area contributed by atoms with E-state index in [1.807, 2.05) is 36.1 Å². The fraction of sp³-hybridized carbons (Fsp3) is 0.421. The number of carbonyl (C=O) groups excluding carboxylic acids is 1. The third-order valence-electron chi connectivity index (χ3n) is 4.61. The fourth-order valence-electron chi connectivity index (χ4n) is 3.14. The first kappa shape index (κ1) is 19.2. The van der Waals surface area contributed by atoms with Crippen LogP contribution in [0, 0.1) is 0 Å². The zero-order valence-electron chi connectivity index (χ0n) is 15.1. The van der Waals surface area contributed by atoms with Crippen molar-refractivity contribution in [3.05, 3.63) is 50.6 Å². The number of rotatable bonds is 5. The van der Waals surface area contributed by atoms with Crippen LogP contribution in [0.5, 0.6) is 5.75 Å². The second kappa shape index (κ2) is 8.88. The van der Waals surface area contributed by atoms with Gasteiger partial charge >= 0.3 is 6.03 Å². The third-order valence-corrected chi connectivity index (χ3v) is 6.22. The number of nitrogens with zero attached hydrogens (tertiary/aromatic N) is 2. The van der Waals surface area contributed by atoms with Crippen LogP contribution < -0.4 is 10.1 Å². The average molecular weight is 438 g/mol. The number of hydrogen-bond donors (Lipinski definition) is 1. The summed E-state index contributed by atoms with van der Waals surface area (Å²) in [5, 5.41) is 3.09. The molecule has 5 nitrogen and oxygen atoms in total. The predicted molar refractivity (Wildman–Crippen MR) is 109 cm³/mol. The van der Waals surface area contributed by atoms with Crippen molar-refractivity contribution in [1.82, 2.24) is 15.1 Å². The summed E-state index contributed by atoms with van der Waals surface area (Å²) in [5.41, 5.74) is 0.991. The molecule has 0 aliphatic carbocycles. The highest BCUT2D eigenvalue weighted by Crippen LogP contribution is 2.25. The van der Waals surface area contributed by atoms with Gasteiger partial charge in [0, 0.05) is 43.2 Å². The Bertz CT molecular complexity index is 744. The molecule has 140 valence electrons. The van der Waals surface area contributed by atoms with Gasteiger partial charge in [0.2, 0.25) is 0 Å². The number of carbonyl (C=O) groups is 1. The molecule has 1 aromatic heterocycles. The number of thiophene rings is 1. The summed E-state index contributed by atoms with van der Waals surface area (Å²) >= 11 is 5.28. The molecule has 3 rings (SSSR count). The Morgan fingerprint density at radius 2 is 1.96 bits per heavy atom. The van der Waals surface area contributed by atoms with E-state index < -0.39 is 0 Å². The minimum atomic E-state index is -0.0971. The van der Waals surface area contributed by atoms with Crippen LogP contribution in [0.25, 0.3) is 0 Å². The van der Waals surface area contributed by atoms with Crippen LogP contribution in [0.15, 0.2) is 40.2 Å². The van der Waals surface area contributed by atoms with Crippen LogP contribution in [0.2, 0.25) is 0 Å². The number of methoxy groups -OCH3 is 1. The number of amides is 2. The quantitative estimate of drug-likeness (QED) is 0.765. The second-order valence-corrected chi connectivity index (χ2v) is 8.93. The Morgan fingerprint density at radius 1 is 1.23 bits per heavy atom. The van der Waals surface area contributed by atoms with Crippen LogP contribution in [0.3, 0.4) is 0 Å². The van der Waals surface area contributed by atoms with Gasteiger partial charge in [-0.25, -0.2) is 4.79 Å². The molecule has 2 aromatic rings. The maximum atomic E-state index is 12.6. The molecule has 1 saturated heterocycles. The van der Waals surface area contributed by atoms with E-state index in [1.165, 1.54) is 4.88 Å². The van der Waals surface area contributed by atoms with Crippen molar-refractivity contribution in [1.29, 1.82) is 0 Å². The molecule has 7 heteroatoms. The Labute approximate surface area is 167 Å². The first-order chi connectivity index (χ1) is 12.6. The smallest absolute Gasteiger partial charge is 0.317 e. The molecule has 2 amide bonds. The summed E-state index contributed by atoms with van der Waals surface area (Å²) in [7, 11) is 1.65. The average Bonchev–Trinajstić information content (AvgIpc) is 3.06. The van der Waals surface area contributed by atoms with E-state index in [2.05, 4.69) is 38.3 Å². The monoisotopic (exact) mass is 437 g/mol. The lowest BCUT2D eigenvalue weighted by Gasteiger charge is -2.35. The lowest BCUT2D eigenvalue weighted by molar-refractivity contribution is 0.134. The molecule has 1 N–H and O–H groups in total. The van der Waals surface area contributed by atoms with E-state index in [9.17, 15) is 4.79 Å². The highest BCUT2D eigenvalue weighted by atomic mass is 79.9. The zero-order valence-corrected chi connectivity index (χ0v) is 17.5. The van der Waals surface area contributed by atoms with Gasteiger partial charge in [-0.2, -0.15) is 0 Å². The highest BCUT2D eigenvalue weighted by molar-refractivity contribution is 9.11. The van der Waals surface area contributed by atoms with E-state index >= 15 is 0 Å². The van der Waals surface area contributed by atoms with Crippen molar-refractivity contribution < 1.29 is 9.53 Å². The number of benzene rings is 1. The van der Waals surface area contributed by atoms with Crippen molar-refractivity contribution in [2.45, 2.75) is 19.5 Å². The van der Waals surface area contributed by atoms with Crippen LogP contribution in [0.1, 0.15) is 23.4 Å². The summed E-state index contributed by atoms with van der Waals surface area (Å²) < 4.78 is 6.55. The number of ether oxygens (including phenoxy) is 1. The Balaban J connectivity index is 1.50. The van der Waals surface area contributed by atoms with Crippen molar-refractivity contribution >= 4 is 33.3 Å². The fourth-order valence-corrected chi connectivity index (χ4v) is 4.67. The van der Waals surface area contributed by atoms with E-state index in [1.54, 1.807) is 18.4 Å². The number of nitrogens with one attached hydrogen (secondary N) is 1. The van der Waals surface area contributed by atoms with E-state index in [0.717, 1.165) is 47.8 Å². The molecular formula is C19H24BrN3O2S. The SMILES string of the molecule is COc1ccccc1[C@@H](C)NC(=O)N1CCN(Cc2ccc(Br)s2)CC1. The standard InChI is InChI=1S/C19H24BrN3O2S/c1-14(16-5-3-4-6-17(16)25-2)21-19(24)23-11-9-22(10-12-23)13-15-7-8-18(20)26-15/h3-8,14H,9-13H2,1-2H3,(H,21,24)/t14-/m1/s1. The third kappa shape index (κ3) is 4.78. The van der Waals surface area contributed by atoms with E-state index in [-0.39, 0.29) is 12.1 Å². The number of para-hydroxylation sites is 1. The molecule has 0 radical (unpaired) electrons. The number of urea groups is 1. The van der Waals surface area contributed by atoms with Gasteiger partial charge in [-0.1, -0.05) is 18.2 Å². The van der Waals surface area contributed by atoms with Gasteiger partial charge in [-0.3, -0.25) is 4.90 Å². The summed E-state index contributed by atoms with van der Waals surface area (Å²) in [6, 6.07) is 11.9.